The molecular formula is C15H15BrN2O2S. The Kier molecular flexibility index (Phi) is 5.95. The largest absolute Gasteiger partial charge is 0.493 e. The van der Waals surface area contributed by atoms with E-state index in [0.717, 1.165) is 28.0 Å². The average Bonchev–Trinajstić information content (AvgIpc) is 2.47. The lowest BCUT2D eigenvalue weighted by atomic mass is 10.2. The van der Waals surface area contributed by atoms with E-state index in [9.17, 15) is 0 Å². The Hall–Kier alpha value is -1.66. The van der Waals surface area contributed by atoms with Crippen LogP contribution < -0.4 is 15.2 Å². The molecule has 2 aromatic rings. The van der Waals surface area contributed by atoms with Gasteiger partial charge in [-0.25, -0.2) is 0 Å². The van der Waals surface area contributed by atoms with Crippen molar-refractivity contribution in [1.82, 2.24) is 4.98 Å². The van der Waals surface area contributed by atoms with Crippen molar-refractivity contribution in [3.63, 3.8) is 0 Å². The van der Waals surface area contributed by atoms with E-state index in [4.69, 9.17) is 27.4 Å². The van der Waals surface area contributed by atoms with E-state index in [1.165, 1.54) is 0 Å². The molecule has 0 aliphatic heterocycles. The van der Waals surface area contributed by atoms with Crippen LogP contribution in [0.3, 0.4) is 0 Å². The van der Waals surface area contributed by atoms with Gasteiger partial charge in [0.2, 0.25) is 0 Å². The number of hydrogen-bond acceptors (Lipinski definition) is 4. The highest BCUT2D eigenvalue weighted by atomic mass is 79.9. The standard InChI is InChI=1S/C15H15BrN2O2S/c16-12-8-14(10-18-9-12)20-6-2-5-19-13-4-1-3-11(7-13)15(17)21/h1,3-4,7-10H,2,5-6H2,(H2,17,21). The van der Waals surface area contributed by atoms with Gasteiger partial charge < -0.3 is 15.2 Å². The second-order valence-electron chi connectivity index (χ2n) is 4.28. The zero-order valence-corrected chi connectivity index (χ0v) is 13.7. The SMILES string of the molecule is NC(=S)c1cccc(OCCCOc2cncc(Br)c2)c1. The maximum Gasteiger partial charge on any atom is 0.138 e. The van der Waals surface area contributed by atoms with Crippen LogP contribution in [0.1, 0.15) is 12.0 Å². The Morgan fingerprint density at radius 1 is 1.14 bits per heavy atom. The molecule has 1 heterocycles. The molecule has 21 heavy (non-hydrogen) atoms. The first-order valence-electron chi connectivity index (χ1n) is 6.41. The van der Waals surface area contributed by atoms with Crippen LogP contribution in [0.25, 0.3) is 0 Å². The number of aromatic nitrogens is 1. The van der Waals surface area contributed by atoms with Crippen LogP contribution in [0.4, 0.5) is 0 Å². The highest BCUT2D eigenvalue weighted by Gasteiger charge is 2.00. The van der Waals surface area contributed by atoms with Gasteiger partial charge in [0, 0.05) is 22.7 Å². The Labute approximate surface area is 137 Å². The first-order valence-corrected chi connectivity index (χ1v) is 7.61. The number of nitrogens with two attached hydrogens (primary N) is 1. The van der Waals surface area contributed by atoms with E-state index < -0.39 is 0 Å². The van der Waals surface area contributed by atoms with Crippen LogP contribution in [-0.2, 0) is 0 Å². The first-order chi connectivity index (χ1) is 10.1. The van der Waals surface area contributed by atoms with E-state index in [2.05, 4.69) is 20.9 Å². The molecular weight excluding hydrogens is 352 g/mol. The fourth-order valence-corrected chi connectivity index (χ4v) is 2.12. The summed E-state index contributed by atoms with van der Waals surface area (Å²) in [5.41, 5.74) is 6.39. The normalized spacial score (nSPS) is 10.1. The van der Waals surface area contributed by atoms with Crippen molar-refractivity contribution in [2.75, 3.05) is 13.2 Å². The summed E-state index contributed by atoms with van der Waals surface area (Å²) < 4.78 is 12.1. The van der Waals surface area contributed by atoms with Crippen molar-refractivity contribution in [2.24, 2.45) is 5.73 Å². The second-order valence-corrected chi connectivity index (χ2v) is 5.64. The van der Waals surface area contributed by atoms with Crippen molar-refractivity contribution < 1.29 is 9.47 Å². The Morgan fingerprint density at radius 3 is 2.62 bits per heavy atom. The molecule has 1 aromatic heterocycles. The van der Waals surface area contributed by atoms with Gasteiger partial charge in [0.25, 0.3) is 0 Å². The lowest BCUT2D eigenvalue weighted by molar-refractivity contribution is 0.247. The van der Waals surface area contributed by atoms with E-state index in [-0.39, 0.29) is 0 Å². The fourth-order valence-electron chi connectivity index (χ4n) is 1.65. The van der Waals surface area contributed by atoms with Gasteiger partial charge in [0.05, 0.1) is 19.4 Å². The molecule has 0 bridgehead atoms. The number of ether oxygens (including phenoxy) is 2. The fraction of sp³-hybridized carbons (Fsp3) is 0.200. The number of thiocarbonyl (C=S) groups is 1. The van der Waals surface area contributed by atoms with Crippen molar-refractivity contribution in [3.05, 3.63) is 52.8 Å². The van der Waals surface area contributed by atoms with Gasteiger partial charge in [-0.3, -0.25) is 4.98 Å². The van der Waals surface area contributed by atoms with Gasteiger partial charge in [-0.1, -0.05) is 24.4 Å². The smallest absolute Gasteiger partial charge is 0.138 e. The van der Waals surface area contributed by atoms with Crippen LogP contribution in [0.2, 0.25) is 0 Å². The Balaban J connectivity index is 1.72. The molecule has 4 nitrogen and oxygen atoms in total. The topological polar surface area (TPSA) is 57.4 Å². The van der Waals surface area contributed by atoms with Crippen molar-refractivity contribution in [2.45, 2.75) is 6.42 Å². The van der Waals surface area contributed by atoms with E-state index >= 15 is 0 Å². The van der Waals surface area contributed by atoms with Gasteiger partial charge in [-0.2, -0.15) is 0 Å². The van der Waals surface area contributed by atoms with Gasteiger partial charge >= 0.3 is 0 Å². The van der Waals surface area contributed by atoms with Crippen LogP contribution in [0.15, 0.2) is 47.2 Å². The average molecular weight is 367 g/mol. The Bertz CT molecular complexity index is 622. The van der Waals surface area contributed by atoms with Crippen molar-refractivity contribution in [3.8, 4) is 11.5 Å². The first kappa shape index (κ1) is 15.7. The predicted octanol–water partition coefficient (Wildman–Crippen LogP) is 3.33. The van der Waals surface area contributed by atoms with Crippen molar-refractivity contribution in [1.29, 1.82) is 0 Å². The molecule has 2 rings (SSSR count). The molecule has 0 saturated heterocycles. The zero-order chi connectivity index (χ0) is 15.1. The van der Waals surface area contributed by atoms with Crippen LogP contribution in [0.5, 0.6) is 11.5 Å². The summed E-state index contributed by atoms with van der Waals surface area (Å²) >= 11 is 8.28. The molecule has 2 N–H and O–H groups in total. The zero-order valence-electron chi connectivity index (χ0n) is 11.3. The molecule has 1 aromatic carbocycles. The number of nitrogens with zero attached hydrogens (tertiary/aromatic N) is 1. The van der Waals surface area contributed by atoms with Crippen LogP contribution >= 0.6 is 28.1 Å². The van der Waals surface area contributed by atoms with Crippen LogP contribution in [-0.4, -0.2) is 23.2 Å². The lowest BCUT2D eigenvalue weighted by Crippen LogP contribution is -2.10. The molecule has 0 fully saturated rings. The molecule has 0 radical (unpaired) electrons. The minimum absolute atomic E-state index is 0.367. The Morgan fingerprint density at radius 2 is 1.90 bits per heavy atom. The third kappa shape index (κ3) is 5.32. The number of halogens is 1. The summed E-state index contributed by atoms with van der Waals surface area (Å²) in [6, 6.07) is 9.31. The summed E-state index contributed by atoms with van der Waals surface area (Å²) in [5, 5.41) is 0. The summed E-state index contributed by atoms with van der Waals surface area (Å²) in [4.78, 5) is 4.40. The molecule has 6 heteroatoms. The molecule has 0 unspecified atom stereocenters. The van der Waals surface area contributed by atoms with Crippen molar-refractivity contribution >= 4 is 33.1 Å². The molecule has 0 aliphatic carbocycles. The van der Waals surface area contributed by atoms with Gasteiger partial charge in [-0.05, 0) is 34.1 Å². The molecule has 0 saturated carbocycles. The number of pyridine rings is 1. The minimum atomic E-state index is 0.367. The quantitative estimate of drug-likeness (QED) is 0.601. The van der Waals surface area contributed by atoms with E-state index in [0.29, 0.717) is 18.2 Å². The van der Waals surface area contributed by atoms with E-state index in [1.54, 1.807) is 12.4 Å². The van der Waals surface area contributed by atoms with Gasteiger partial charge in [0.15, 0.2) is 0 Å². The van der Waals surface area contributed by atoms with Gasteiger partial charge in [0.1, 0.15) is 16.5 Å². The molecule has 0 aliphatic rings. The third-order valence-corrected chi connectivity index (χ3v) is 3.29. The molecule has 0 atom stereocenters. The predicted molar refractivity (Wildman–Crippen MR) is 89.9 cm³/mol. The highest BCUT2D eigenvalue weighted by molar-refractivity contribution is 9.10. The summed E-state index contributed by atoms with van der Waals surface area (Å²) in [7, 11) is 0. The lowest BCUT2D eigenvalue weighted by Gasteiger charge is -2.09. The number of rotatable bonds is 7. The van der Waals surface area contributed by atoms with Crippen LogP contribution in [0, 0.1) is 0 Å². The molecule has 0 spiro atoms. The highest BCUT2D eigenvalue weighted by Crippen LogP contribution is 2.16. The second kappa shape index (κ2) is 7.95. The summed E-state index contributed by atoms with van der Waals surface area (Å²) in [6.45, 7) is 1.12. The maximum atomic E-state index is 5.64. The number of benzene rings is 1. The monoisotopic (exact) mass is 366 g/mol. The summed E-state index contributed by atoms with van der Waals surface area (Å²) in [6.07, 6.45) is 4.16. The molecule has 110 valence electrons. The minimum Gasteiger partial charge on any atom is -0.493 e. The molecule has 0 amide bonds. The summed E-state index contributed by atoms with van der Waals surface area (Å²) in [5.74, 6) is 1.49. The van der Waals surface area contributed by atoms with E-state index in [1.807, 2.05) is 30.3 Å². The maximum absolute atomic E-state index is 5.64. The van der Waals surface area contributed by atoms with Gasteiger partial charge in [-0.15, -0.1) is 0 Å². The number of hydrogen-bond donors (Lipinski definition) is 1. The third-order valence-electron chi connectivity index (χ3n) is 2.62.